The Balaban J connectivity index is 1.62. The second-order valence-electron chi connectivity index (χ2n) is 5.01. The fraction of sp³-hybridized carbons (Fsp3) is 0.615. The molecule has 1 atom stereocenters. The van der Waals surface area contributed by atoms with Crippen molar-refractivity contribution in [1.82, 2.24) is 15.2 Å². The molecule has 3 heterocycles. The van der Waals surface area contributed by atoms with Crippen LogP contribution in [0.5, 0.6) is 0 Å². The molecule has 1 aromatic rings. The average molecular weight is 250 g/mol. The van der Waals surface area contributed by atoms with E-state index in [0.29, 0.717) is 6.04 Å². The van der Waals surface area contributed by atoms with Gasteiger partial charge >= 0.3 is 0 Å². The van der Waals surface area contributed by atoms with Crippen LogP contribution in [0.15, 0.2) is 18.3 Å². The van der Waals surface area contributed by atoms with Crippen LogP contribution in [-0.2, 0) is 0 Å². The minimum Gasteiger partial charge on any atom is -0.355 e. The van der Waals surface area contributed by atoms with Gasteiger partial charge in [-0.15, -0.1) is 0 Å². The fourth-order valence-corrected chi connectivity index (χ4v) is 2.85. The molecule has 4 nitrogen and oxygen atoms in total. The van der Waals surface area contributed by atoms with Gasteiger partial charge in [0.05, 0.1) is 6.20 Å². The van der Waals surface area contributed by atoms with Crippen molar-refractivity contribution in [2.75, 3.05) is 44.2 Å². The molecule has 0 aliphatic carbocycles. The van der Waals surface area contributed by atoms with Crippen molar-refractivity contribution in [3.63, 3.8) is 0 Å². The lowest BCUT2D eigenvalue weighted by Gasteiger charge is -2.32. The predicted octanol–water partition coefficient (Wildman–Crippen LogP) is 0.705. The number of anilines is 1. The van der Waals surface area contributed by atoms with E-state index in [1.165, 1.54) is 18.7 Å². The molecule has 0 bridgehead atoms. The van der Waals surface area contributed by atoms with Crippen LogP contribution in [0.1, 0.15) is 6.42 Å². The van der Waals surface area contributed by atoms with Crippen molar-refractivity contribution in [3.05, 3.63) is 24.1 Å². The van der Waals surface area contributed by atoms with Crippen LogP contribution in [0.2, 0.25) is 0 Å². The minimum absolute atomic E-state index is 0.267. The highest BCUT2D eigenvalue weighted by Gasteiger charge is 2.28. The second kappa shape index (κ2) is 5.20. The summed E-state index contributed by atoms with van der Waals surface area (Å²) in [7, 11) is 0. The van der Waals surface area contributed by atoms with Gasteiger partial charge in [-0.2, -0.15) is 0 Å². The van der Waals surface area contributed by atoms with Crippen LogP contribution in [-0.4, -0.2) is 55.2 Å². The number of halogens is 1. The van der Waals surface area contributed by atoms with Crippen molar-refractivity contribution in [2.24, 2.45) is 0 Å². The Morgan fingerprint density at radius 2 is 2.06 bits per heavy atom. The zero-order valence-electron chi connectivity index (χ0n) is 10.5. The highest BCUT2D eigenvalue weighted by molar-refractivity contribution is 5.39. The van der Waals surface area contributed by atoms with Gasteiger partial charge in [0.15, 0.2) is 0 Å². The predicted molar refractivity (Wildman–Crippen MR) is 69.3 cm³/mol. The van der Waals surface area contributed by atoms with E-state index >= 15 is 0 Å². The van der Waals surface area contributed by atoms with E-state index in [4.69, 9.17) is 0 Å². The minimum atomic E-state index is -0.267. The zero-order valence-corrected chi connectivity index (χ0v) is 10.5. The topological polar surface area (TPSA) is 31.4 Å². The SMILES string of the molecule is Fc1ccc(N2CCC(N3CCNCC3)C2)nc1. The Labute approximate surface area is 107 Å². The molecular formula is C13H19FN4. The van der Waals surface area contributed by atoms with Gasteiger partial charge in [0.1, 0.15) is 11.6 Å². The van der Waals surface area contributed by atoms with Gasteiger partial charge < -0.3 is 10.2 Å². The van der Waals surface area contributed by atoms with E-state index in [-0.39, 0.29) is 5.82 Å². The highest BCUT2D eigenvalue weighted by atomic mass is 19.1. The molecule has 2 aliphatic heterocycles. The zero-order chi connectivity index (χ0) is 12.4. The van der Waals surface area contributed by atoms with Gasteiger partial charge in [-0.3, -0.25) is 4.90 Å². The first-order valence-electron chi connectivity index (χ1n) is 6.64. The maximum atomic E-state index is 12.8. The summed E-state index contributed by atoms with van der Waals surface area (Å²) in [4.78, 5) is 8.97. The van der Waals surface area contributed by atoms with Crippen LogP contribution in [0.4, 0.5) is 10.2 Å². The third-order valence-corrected chi connectivity index (χ3v) is 3.87. The maximum Gasteiger partial charge on any atom is 0.141 e. The van der Waals surface area contributed by atoms with E-state index in [0.717, 1.165) is 45.1 Å². The summed E-state index contributed by atoms with van der Waals surface area (Å²) in [6, 6.07) is 3.88. The standard InChI is InChI=1S/C13H19FN4/c14-11-1-2-13(16-9-11)18-6-3-12(10-18)17-7-4-15-5-8-17/h1-2,9,12,15H,3-8,10H2. The Bertz CT molecular complexity index is 388. The van der Waals surface area contributed by atoms with Crippen LogP contribution < -0.4 is 10.2 Å². The molecule has 0 spiro atoms. The van der Waals surface area contributed by atoms with E-state index in [1.807, 2.05) is 0 Å². The van der Waals surface area contributed by atoms with Gasteiger partial charge in [-0.25, -0.2) is 9.37 Å². The summed E-state index contributed by atoms with van der Waals surface area (Å²) < 4.78 is 12.8. The average Bonchev–Trinajstić information content (AvgIpc) is 2.90. The molecule has 2 aliphatic rings. The van der Waals surface area contributed by atoms with Gasteiger partial charge in [0.25, 0.3) is 0 Å². The molecule has 1 aromatic heterocycles. The number of rotatable bonds is 2. The molecule has 1 N–H and O–H groups in total. The van der Waals surface area contributed by atoms with Gasteiger partial charge in [-0.05, 0) is 18.6 Å². The number of nitrogens with one attached hydrogen (secondary N) is 1. The smallest absolute Gasteiger partial charge is 0.141 e. The molecule has 0 amide bonds. The van der Waals surface area contributed by atoms with Gasteiger partial charge in [0, 0.05) is 45.3 Å². The van der Waals surface area contributed by atoms with Crippen LogP contribution in [0.25, 0.3) is 0 Å². The normalized spacial score (nSPS) is 25.6. The van der Waals surface area contributed by atoms with Gasteiger partial charge in [0.2, 0.25) is 0 Å². The molecular weight excluding hydrogens is 231 g/mol. The second-order valence-corrected chi connectivity index (χ2v) is 5.01. The van der Waals surface area contributed by atoms with E-state index < -0.39 is 0 Å². The summed E-state index contributed by atoms with van der Waals surface area (Å²) >= 11 is 0. The summed E-state index contributed by atoms with van der Waals surface area (Å²) in [5.74, 6) is 0.630. The van der Waals surface area contributed by atoms with Crippen molar-refractivity contribution < 1.29 is 4.39 Å². The monoisotopic (exact) mass is 250 g/mol. The third-order valence-electron chi connectivity index (χ3n) is 3.87. The molecule has 2 fully saturated rings. The van der Waals surface area contributed by atoms with E-state index in [9.17, 15) is 4.39 Å². The lowest BCUT2D eigenvalue weighted by molar-refractivity contribution is 0.185. The first kappa shape index (κ1) is 11.9. The van der Waals surface area contributed by atoms with E-state index in [2.05, 4.69) is 20.1 Å². The van der Waals surface area contributed by atoms with Crippen molar-refractivity contribution in [1.29, 1.82) is 0 Å². The summed E-state index contributed by atoms with van der Waals surface area (Å²) in [6.07, 6.45) is 2.48. The number of aromatic nitrogens is 1. The molecule has 0 radical (unpaired) electrons. The number of hydrogen-bond acceptors (Lipinski definition) is 4. The summed E-state index contributed by atoms with van der Waals surface area (Å²) in [5.41, 5.74) is 0. The van der Waals surface area contributed by atoms with Gasteiger partial charge in [-0.1, -0.05) is 0 Å². The quantitative estimate of drug-likeness (QED) is 0.837. The molecule has 98 valence electrons. The first-order chi connectivity index (χ1) is 8.83. The van der Waals surface area contributed by atoms with Crippen LogP contribution >= 0.6 is 0 Å². The Morgan fingerprint density at radius 1 is 1.22 bits per heavy atom. The molecule has 1 unspecified atom stereocenters. The molecule has 3 rings (SSSR count). The molecule has 18 heavy (non-hydrogen) atoms. The number of nitrogens with zero attached hydrogens (tertiary/aromatic N) is 3. The van der Waals surface area contributed by atoms with Crippen molar-refractivity contribution >= 4 is 5.82 Å². The maximum absolute atomic E-state index is 12.8. The number of pyridine rings is 1. The molecule has 0 aromatic carbocycles. The Hall–Kier alpha value is -1.20. The van der Waals surface area contributed by atoms with Crippen molar-refractivity contribution in [3.8, 4) is 0 Å². The highest BCUT2D eigenvalue weighted by Crippen LogP contribution is 2.21. The summed E-state index contributed by atoms with van der Waals surface area (Å²) in [5, 5.41) is 3.38. The third kappa shape index (κ3) is 2.47. The fourth-order valence-electron chi connectivity index (χ4n) is 2.85. The van der Waals surface area contributed by atoms with E-state index in [1.54, 1.807) is 6.07 Å². The Kier molecular flexibility index (Phi) is 3.43. The lowest BCUT2D eigenvalue weighted by atomic mass is 10.2. The molecule has 2 saturated heterocycles. The van der Waals surface area contributed by atoms with Crippen LogP contribution in [0.3, 0.4) is 0 Å². The molecule has 0 saturated carbocycles. The molecule has 5 heteroatoms. The number of hydrogen-bond donors (Lipinski definition) is 1. The first-order valence-corrected chi connectivity index (χ1v) is 6.64. The van der Waals surface area contributed by atoms with Crippen LogP contribution in [0, 0.1) is 5.82 Å². The largest absolute Gasteiger partial charge is 0.355 e. The van der Waals surface area contributed by atoms with Crippen molar-refractivity contribution in [2.45, 2.75) is 12.5 Å². The summed E-state index contributed by atoms with van der Waals surface area (Å²) in [6.45, 7) is 6.48. The lowest BCUT2D eigenvalue weighted by Crippen LogP contribution is -2.49. The Morgan fingerprint density at radius 3 is 2.78 bits per heavy atom. The number of piperazine rings is 1.